The Kier molecular flexibility index (Phi) is 5650. The Bertz CT molecular complexity index is 6.85. The molecular weight excluding hydrogens is 120 g/mol. The lowest BCUT2D eigenvalue weighted by molar-refractivity contribution is 1.11. The van der Waals surface area contributed by atoms with Gasteiger partial charge in [0.2, 0.25) is 0 Å². The molecule has 0 amide bonds. The smallest absolute Gasteiger partial charge is 0.0437 e. The summed E-state index contributed by atoms with van der Waals surface area (Å²) in [6.07, 6.45) is 0. The zero-order valence-corrected chi connectivity index (χ0v) is 3.95. The molecule has 0 radical (unpaired) electrons. The molecule has 0 rings (SSSR count). The third-order valence-corrected chi connectivity index (χ3v) is 0. The Labute approximate surface area is 34.9 Å². The molecule has 5 heteroatoms. The Morgan fingerprint density at radius 2 is 0.800 bits per heavy atom. The van der Waals surface area contributed by atoms with E-state index in [2.05, 4.69) is 19.8 Å². The minimum atomic E-state index is 0. The van der Waals surface area contributed by atoms with Crippen LogP contribution in [0.3, 0.4) is 0 Å². The van der Waals surface area contributed by atoms with Crippen LogP contribution in [0.2, 0.25) is 0 Å². The Balaban J connectivity index is -0.00000000167. The predicted octanol–water partition coefficient (Wildman–Crippen LogP) is 1.05. The lowest BCUT2D eigenvalue weighted by Crippen LogP contribution is -0.399. The van der Waals surface area contributed by atoms with E-state index in [-0.39, 0.29) is 14.1 Å². The van der Waals surface area contributed by atoms with Gasteiger partial charge in [-0.25, -0.2) is 0 Å². The van der Waals surface area contributed by atoms with E-state index in [1.807, 2.05) is 0 Å². The van der Waals surface area contributed by atoms with Gasteiger partial charge in [0, 0.05) is 0 Å². The highest BCUT2D eigenvalue weighted by Crippen LogP contribution is 1.26. The number of hydrogen-bond acceptors (Lipinski definition) is 1. The van der Waals surface area contributed by atoms with Crippen LogP contribution in [0, 0.1) is 0 Å². The van der Waals surface area contributed by atoms with Crippen molar-refractivity contribution in [3.8, 4) is 0 Å². The van der Waals surface area contributed by atoms with Crippen LogP contribution < -0.4 is 0 Å². The van der Waals surface area contributed by atoms with Gasteiger partial charge in [-0.3, -0.25) is 14.1 Å². The lowest BCUT2D eigenvalue weighted by Gasteiger charge is -0.760. The van der Waals surface area contributed by atoms with Crippen molar-refractivity contribution in [3.05, 3.63) is 0 Å². The van der Waals surface area contributed by atoms with Crippen LogP contribution in [-0.2, 0) is 11.8 Å². The molecule has 5 heavy (non-hydrogen) atoms. The minimum Gasteiger partial charge on any atom is -0.269 e. The first-order chi connectivity index (χ1) is 1.00. The largest absolute Gasteiger partial charge is 0.269 e. The highest BCUT2D eigenvalue weighted by atomic mass is 32.4. The average molecular weight is 124 g/mol. The first kappa shape index (κ1) is 57.5. The molecular formula is H4F3PS. The minimum absolute atomic E-state index is 0. The maximum atomic E-state index is 3.89. The van der Waals surface area contributed by atoms with Crippen molar-refractivity contribution in [2.24, 2.45) is 0 Å². The second-order valence-corrected chi connectivity index (χ2v) is 0. The summed E-state index contributed by atoms with van der Waals surface area (Å²) in [6.45, 7) is 0. The highest BCUT2D eigenvalue weighted by Gasteiger charge is 0.655. The van der Waals surface area contributed by atoms with Crippen molar-refractivity contribution < 1.29 is 14.1 Å². The molecule has 0 fully saturated rings. The van der Waals surface area contributed by atoms with Crippen molar-refractivity contribution in [3.63, 3.8) is 0 Å². The summed E-state index contributed by atoms with van der Waals surface area (Å²) in [5.41, 5.74) is 0. The molecule has 0 spiro atoms. The van der Waals surface area contributed by atoms with Gasteiger partial charge in [0.25, 0.3) is 0 Å². The molecule has 0 aromatic rings. The Hall–Kier alpha value is 0.310. The van der Waals surface area contributed by atoms with Gasteiger partial charge < -0.3 is 0 Å². The molecule has 0 unspecified atom stereocenters. The molecule has 0 bridgehead atoms. The van der Waals surface area contributed by atoms with Crippen molar-refractivity contribution in [2.45, 2.75) is 0 Å². The van der Waals surface area contributed by atoms with Gasteiger partial charge in [0.1, 0.15) is 0 Å². The fourth-order valence-electron chi connectivity index (χ4n) is 0. The number of halogens is 3. The molecule has 0 aromatic heterocycles. The van der Waals surface area contributed by atoms with E-state index >= 15 is 0 Å². The second kappa shape index (κ2) is 491. The zero-order valence-electron chi connectivity index (χ0n) is 2.13. The van der Waals surface area contributed by atoms with E-state index < -0.39 is 0 Å². The van der Waals surface area contributed by atoms with Gasteiger partial charge in [-0.2, -0.15) is 0 Å². The van der Waals surface area contributed by atoms with E-state index in [1.54, 1.807) is 0 Å². The van der Waals surface area contributed by atoms with Crippen molar-refractivity contribution in [1.82, 2.24) is 0 Å². The van der Waals surface area contributed by atoms with Crippen LogP contribution in [0.25, 0.3) is 0 Å². The predicted molar refractivity (Wildman–Crippen MR) is 23.2 cm³/mol. The van der Waals surface area contributed by atoms with E-state index in [1.165, 1.54) is 0 Å². The number of rotatable bonds is 0. The highest BCUT2D eigenvalue weighted by molar-refractivity contribution is 7.88. The molecule has 0 aliphatic heterocycles. The van der Waals surface area contributed by atoms with E-state index in [0.717, 1.165) is 0 Å². The Morgan fingerprint density at radius 3 is 0.800 bits per heavy atom. The molecule has 0 saturated heterocycles. The number of hydrogen-bond donors (Lipinski definition) is 0. The summed E-state index contributed by atoms with van der Waals surface area (Å²) >= 11 is 3.89. The molecule has 0 nitrogen and oxygen atoms in total. The van der Waals surface area contributed by atoms with E-state index in [0.29, 0.717) is 0 Å². The van der Waals surface area contributed by atoms with Crippen LogP contribution in [0.4, 0.5) is 14.1 Å². The van der Waals surface area contributed by atoms with Crippen LogP contribution >= 0.6 is 8.02 Å². The summed E-state index contributed by atoms with van der Waals surface area (Å²) in [5.74, 6) is 0. The molecule has 0 N–H and O–H groups in total. The SMILES string of the molecule is F.F.F.P=S. The van der Waals surface area contributed by atoms with Gasteiger partial charge in [-0.1, -0.05) is 11.8 Å². The van der Waals surface area contributed by atoms with Gasteiger partial charge in [0.05, 0.1) is 0 Å². The lowest BCUT2D eigenvalue weighted by atomic mass is 19.0. The summed E-state index contributed by atoms with van der Waals surface area (Å²) in [5, 5.41) is 0. The van der Waals surface area contributed by atoms with Crippen molar-refractivity contribution in [1.29, 1.82) is 0 Å². The van der Waals surface area contributed by atoms with Gasteiger partial charge >= 0.3 is 0 Å². The maximum absolute atomic E-state index is 3.89. The standard InChI is InChI=1S/3FH.HPS/c;;;1-2/h3*1H;1H. The van der Waals surface area contributed by atoms with Gasteiger partial charge in [-0.05, 0) is 8.02 Å². The van der Waals surface area contributed by atoms with Crippen LogP contribution in [0.1, 0.15) is 0 Å². The second-order valence-electron chi connectivity index (χ2n) is 0. The zero-order chi connectivity index (χ0) is 2.00. The first-order valence-corrected chi connectivity index (χ1v) is 1.84. The van der Waals surface area contributed by atoms with E-state index in [4.69, 9.17) is 0 Å². The molecule has 0 heterocycles. The van der Waals surface area contributed by atoms with Crippen LogP contribution in [-0.4, -0.2) is 0 Å². The molecule has 0 aromatic carbocycles. The molecule has 0 atom stereocenters. The topological polar surface area (TPSA) is 0 Å². The van der Waals surface area contributed by atoms with Crippen LogP contribution in [0.15, 0.2) is 0 Å². The maximum Gasteiger partial charge on any atom is -0.0437 e. The molecule has 0 aliphatic rings. The molecule has 0 aliphatic carbocycles. The fourth-order valence-corrected chi connectivity index (χ4v) is 0. The van der Waals surface area contributed by atoms with Gasteiger partial charge in [0.15, 0.2) is 0 Å². The quantitative estimate of drug-likeness (QED) is 0.435. The summed E-state index contributed by atoms with van der Waals surface area (Å²) < 4.78 is 0. The average Bonchev–Trinajstić information content (AvgIpc) is 1.00. The molecule has 36 valence electrons. The first-order valence-electron chi connectivity index (χ1n) is 0.204. The van der Waals surface area contributed by atoms with Crippen molar-refractivity contribution in [2.75, 3.05) is 0 Å². The fraction of sp³-hybridized carbons (Fsp3) is 0. The van der Waals surface area contributed by atoms with E-state index in [9.17, 15) is 0 Å². The van der Waals surface area contributed by atoms with Crippen LogP contribution in [0.5, 0.6) is 0 Å². The third kappa shape index (κ3) is 239. The monoisotopic (exact) mass is 124 g/mol. The summed E-state index contributed by atoms with van der Waals surface area (Å²) in [7, 11) is 2.56. The van der Waals surface area contributed by atoms with Gasteiger partial charge in [-0.15, -0.1) is 0 Å². The Morgan fingerprint density at radius 1 is 0.800 bits per heavy atom. The third-order valence-electron chi connectivity index (χ3n) is 0. The molecule has 0 saturated carbocycles. The summed E-state index contributed by atoms with van der Waals surface area (Å²) in [6, 6.07) is 0. The summed E-state index contributed by atoms with van der Waals surface area (Å²) in [4.78, 5) is 0. The normalized spacial score (nSPS) is 0.800. The van der Waals surface area contributed by atoms with Crippen molar-refractivity contribution >= 4 is 19.8 Å².